The van der Waals surface area contributed by atoms with Crippen LogP contribution in [0.1, 0.15) is 10.4 Å². The summed E-state index contributed by atoms with van der Waals surface area (Å²) >= 11 is 0. The van der Waals surface area contributed by atoms with Crippen LogP contribution in [0.15, 0.2) is 91.0 Å². The van der Waals surface area contributed by atoms with Gasteiger partial charge in [-0.1, -0.05) is 84.9 Å². The van der Waals surface area contributed by atoms with Gasteiger partial charge in [-0.05, 0) is 39.1 Å². The molecule has 4 aromatic rings. The topological polar surface area (TPSA) is 37.3 Å². The van der Waals surface area contributed by atoms with Crippen LogP contribution in [0.4, 0.5) is 0 Å². The molecule has 0 amide bonds. The minimum atomic E-state index is -0.906. The molecule has 0 bridgehead atoms. The molecule has 0 radical (unpaired) electrons. The largest absolute Gasteiger partial charge is 0.478 e. The Morgan fingerprint density at radius 1 is 0.640 bits per heavy atom. The van der Waals surface area contributed by atoms with Gasteiger partial charge in [-0.25, -0.2) is 4.79 Å². The molecule has 25 heavy (non-hydrogen) atoms. The Labute approximate surface area is 146 Å². The van der Waals surface area contributed by atoms with Crippen LogP contribution >= 0.6 is 0 Å². The Hall–Kier alpha value is -3.39. The Morgan fingerprint density at radius 2 is 1.28 bits per heavy atom. The van der Waals surface area contributed by atoms with Crippen molar-refractivity contribution in [3.8, 4) is 22.3 Å². The molecular weight excluding hydrogens is 308 g/mol. The molecular formula is C23H16O2. The fourth-order valence-electron chi connectivity index (χ4n) is 3.23. The summed E-state index contributed by atoms with van der Waals surface area (Å²) in [5, 5.41) is 11.5. The molecule has 0 aliphatic carbocycles. The monoisotopic (exact) mass is 324 g/mol. The maximum atomic E-state index is 12.0. The normalized spacial score (nSPS) is 10.7. The smallest absolute Gasteiger partial charge is 0.336 e. The second kappa shape index (κ2) is 6.25. The van der Waals surface area contributed by atoms with Gasteiger partial charge in [-0.3, -0.25) is 0 Å². The van der Waals surface area contributed by atoms with Crippen molar-refractivity contribution >= 4 is 16.7 Å². The molecule has 120 valence electrons. The molecule has 1 N–H and O–H groups in total. The molecule has 4 rings (SSSR count). The zero-order valence-corrected chi connectivity index (χ0v) is 13.5. The third-order valence-corrected chi connectivity index (χ3v) is 4.43. The fourth-order valence-corrected chi connectivity index (χ4v) is 3.23. The summed E-state index contributed by atoms with van der Waals surface area (Å²) in [6.07, 6.45) is 0. The average molecular weight is 324 g/mol. The Bertz CT molecular complexity index is 1050. The minimum Gasteiger partial charge on any atom is -0.478 e. The second-order valence-electron chi connectivity index (χ2n) is 5.96. The van der Waals surface area contributed by atoms with Crippen LogP contribution in [0, 0.1) is 0 Å². The van der Waals surface area contributed by atoms with E-state index in [-0.39, 0.29) is 0 Å². The number of carboxylic acids is 1. The van der Waals surface area contributed by atoms with Crippen molar-refractivity contribution in [2.24, 2.45) is 0 Å². The lowest BCUT2D eigenvalue weighted by Gasteiger charge is -2.11. The quantitative estimate of drug-likeness (QED) is 0.511. The molecule has 0 fully saturated rings. The van der Waals surface area contributed by atoms with E-state index in [0.29, 0.717) is 5.56 Å². The molecule has 2 nitrogen and oxygen atoms in total. The van der Waals surface area contributed by atoms with Gasteiger partial charge in [-0.2, -0.15) is 0 Å². The van der Waals surface area contributed by atoms with Crippen LogP contribution in [0.3, 0.4) is 0 Å². The van der Waals surface area contributed by atoms with Gasteiger partial charge in [0, 0.05) is 0 Å². The first kappa shape index (κ1) is 15.2. The summed E-state index contributed by atoms with van der Waals surface area (Å²) < 4.78 is 0. The maximum Gasteiger partial charge on any atom is 0.336 e. The van der Waals surface area contributed by atoms with E-state index in [1.54, 1.807) is 0 Å². The van der Waals surface area contributed by atoms with E-state index >= 15 is 0 Å². The number of benzene rings is 4. The van der Waals surface area contributed by atoms with Crippen molar-refractivity contribution in [2.45, 2.75) is 0 Å². The number of carbonyl (C=O) groups is 1. The Morgan fingerprint density at radius 3 is 1.92 bits per heavy atom. The minimum absolute atomic E-state index is 0.350. The van der Waals surface area contributed by atoms with Gasteiger partial charge in [0.15, 0.2) is 0 Å². The van der Waals surface area contributed by atoms with Gasteiger partial charge in [-0.15, -0.1) is 0 Å². The van der Waals surface area contributed by atoms with Crippen molar-refractivity contribution in [1.29, 1.82) is 0 Å². The molecule has 0 aromatic heterocycles. The lowest BCUT2D eigenvalue weighted by atomic mass is 9.92. The summed E-state index contributed by atoms with van der Waals surface area (Å²) in [4.78, 5) is 12.0. The molecule has 0 aliphatic heterocycles. The van der Waals surface area contributed by atoms with Crippen molar-refractivity contribution in [2.75, 3.05) is 0 Å². The third-order valence-electron chi connectivity index (χ3n) is 4.43. The zero-order chi connectivity index (χ0) is 17.2. The van der Waals surface area contributed by atoms with Crippen LogP contribution in [-0.4, -0.2) is 11.1 Å². The number of carboxylic acid groups (broad SMARTS) is 1. The highest BCUT2D eigenvalue weighted by Gasteiger charge is 2.16. The first-order valence-electron chi connectivity index (χ1n) is 8.15. The summed E-state index contributed by atoms with van der Waals surface area (Å²) in [6, 6.07) is 29.6. The van der Waals surface area contributed by atoms with Crippen molar-refractivity contribution in [1.82, 2.24) is 0 Å². The van der Waals surface area contributed by atoms with Crippen molar-refractivity contribution < 1.29 is 9.90 Å². The number of fused-ring (bicyclic) bond motifs is 1. The average Bonchev–Trinajstić information content (AvgIpc) is 2.68. The Balaban J connectivity index is 1.94. The second-order valence-corrected chi connectivity index (χ2v) is 5.96. The summed E-state index contributed by atoms with van der Waals surface area (Å²) in [5.41, 5.74) is 4.20. The lowest BCUT2D eigenvalue weighted by Crippen LogP contribution is -2.01. The van der Waals surface area contributed by atoms with Crippen molar-refractivity contribution in [3.63, 3.8) is 0 Å². The first-order chi connectivity index (χ1) is 12.2. The van der Waals surface area contributed by atoms with Crippen LogP contribution in [0.2, 0.25) is 0 Å². The van der Waals surface area contributed by atoms with Gasteiger partial charge in [0.1, 0.15) is 0 Å². The fraction of sp³-hybridized carbons (Fsp3) is 0. The van der Waals surface area contributed by atoms with Crippen molar-refractivity contribution in [3.05, 3.63) is 96.6 Å². The molecule has 2 heteroatoms. The van der Waals surface area contributed by atoms with E-state index in [9.17, 15) is 9.90 Å². The van der Waals surface area contributed by atoms with E-state index < -0.39 is 5.97 Å². The van der Waals surface area contributed by atoms with Gasteiger partial charge < -0.3 is 5.11 Å². The number of rotatable bonds is 3. The highest BCUT2D eigenvalue weighted by molar-refractivity contribution is 6.10. The molecule has 0 saturated carbocycles. The van der Waals surface area contributed by atoms with Gasteiger partial charge >= 0.3 is 5.97 Å². The summed E-state index contributed by atoms with van der Waals surface area (Å²) in [6.45, 7) is 0. The van der Waals surface area contributed by atoms with Gasteiger partial charge in [0.2, 0.25) is 0 Å². The SMILES string of the molecule is O=C(O)c1c(-c2ccccc2)ccc2cc(-c3ccccc3)ccc12. The van der Waals surface area contributed by atoms with Crippen LogP contribution in [0.25, 0.3) is 33.0 Å². The van der Waals surface area contributed by atoms with Gasteiger partial charge in [0.05, 0.1) is 5.56 Å². The molecule has 0 heterocycles. The van der Waals surface area contributed by atoms with E-state index in [1.165, 1.54) is 0 Å². The molecule has 0 aliphatic rings. The molecule has 0 saturated heterocycles. The number of hydrogen-bond acceptors (Lipinski definition) is 1. The highest BCUT2D eigenvalue weighted by atomic mass is 16.4. The molecule has 0 unspecified atom stereocenters. The molecule has 0 spiro atoms. The maximum absolute atomic E-state index is 12.0. The van der Waals surface area contributed by atoms with Crippen LogP contribution < -0.4 is 0 Å². The first-order valence-corrected chi connectivity index (χ1v) is 8.15. The Kier molecular flexibility index (Phi) is 3.79. The zero-order valence-electron chi connectivity index (χ0n) is 13.5. The lowest BCUT2D eigenvalue weighted by molar-refractivity contribution is 0.0700. The third kappa shape index (κ3) is 2.79. The summed E-state index contributed by atoms with van der Waals surface area (Å²) in [7, 11) is 0. The van der Waals surface area contributed by atoms with Crippen LogP contribution in [-0.2, 0) is 0 Å². The van der Waals surface area contributed by atoms with Gasteiger partial charge in [0.25, 0.3) is 0 Å². The van der Waals surface area contributed by atoms with Crippen LogP contribution in [0.5, 0.6) is 0 Å². The standard InChI is InChI=1S/C23H16O2/c24-23(25)22-20(17-9-5-2-6-10-17)14-12-19-15-18(11-13-21(19)22)16-7-3-1-4-8-16/h1-15H,(H,24,25). The molecule has 4 aromatic carbocycles. The molecule has 0 atom stereocenters. The van der Waals surface area contributed by atoms with E-state index in [1.807, 2.05) is 78.9 Å². The van der Waals surface area contributed by atoms with E-state index in [0.717, 1.165) is 33.0 Å². The highest BCUT2D eigenvalue weighted by Crippen LogP contribution is 2.32. The number of hydrogen-bond donors (Lipinski definition) is 1. The predicted molar refractivity (Wildman–Crippen MR) is 102 cm³/mol. The van der Waals surface area contributed by atoms with E-state index in [2.05, 4.69) is 12.1 Å². The van der Waals surface area contributed by atoms with E-state index in [4.69, 9.17) is 0 Å². The number of aromatic carboxylic acids is 1. The predicted octanol–water partition coefficient (Wildman–Crippen LogP) is 5.87. The summed E-state index contributed by atoms with van der Waals surface area (Å²) in [5.74, 6) is -0.906.